The van der Waals surface area contributed by atoms with Gasteiger partial charge in [-0.05, 0) is 18.9 Å². The number of halogens is 2. The molecule has 0 spiro atoms. The molecular formula is C14H20Cl2N2O3. The Morgan fingerprint density at radius 3 is 2.76 bits per heavy atom. The summed E-state index contributed by atoms with van der Waals surface area (Å²) in [6.07, 6.45) is 1.98. The van der Waals surface area contributed by atoms with Crippen LogP contribution in [-0.4, -0.2) is 44.2 Å². The number of carbonyl (C=O) groups excluding carboxylic acids is 1. The Kier molecular flexibility index (Phi) is 6.58. The lowest BCUT2D eigenvalue weighted by molar-refractivity contribution is 0.0267. The minimum absolute atomic E-state index is 0. The quantitative estimate of drug-likeness (QED) is 0.863. The van der Waals surface area contributed by atoms with Crippen LogP contribution in [0.15, 0.2) is 12.1 Å². The molecule has 1 aliphatic rings. The van der Waals surface area contributed by atoms with Crippen molar-refractivity contribution in [3.63, 3.8) is 0 Å². The van der Waals surface area contributed by atoms with Crippen LogP contribution in [0.2, 0.25) is 5.02 Å². The molecule has 1 aromatic rings. The van der Waals surface area contributed by atoms with Gasteiger partial charge in [-0.3, -0.25) is 4.79 Å². The summed E-state index contributed by atoms with van der Waals surface area (Å²) in [6.45, 7) is 1.30. The summed E-state index contributed by atoms with van der Waals surface area (Å²) >= 11 is 6.01. The minimum atomic E-state index is -0.106. The van der Waals surface area contributed by atoms with Crippen molar-refractivity contribution in [1.82, 2.24) is 4.90 Å². The molecule has 0 radical (unpaired) electrons. The van der Waals surface area contributed by atoms with Gasteiger partial charge in [0.15, 0.2) is 0 Å². The van der Waals surface area contributed by atoms with E-state index in [0.29, 0.717) is 35.1 Å². The highest BCUT2D eigenvalue weighted by Gasteiger charge is 2.26. The van der Waals surface area contributed by atoms with Crippen LogP contribution >= 0.6 is 24.0 Å². The van der Waals surface area contributed by atoms with Crippen molar-refractivity contribution in [3.8, 4) is 5.75 Å². The van der Waals surface area contributed by atoms with Crippen LogP contribution in [0.25, 0.3) is 0 Å². The summed E-state index contributed by atoms with van der Waals surface area (Å²) in [4.78, 5) is 14.4. The number of likely N-dealkylation sites (tertiary alicyclic amines) is 1. The van der Waals surface area contributed by atoms with E-state index < -0.39 is 0 Å². The van der Waals surface area contributed by atoms with Crippen molar-refractivity contribution in [2.75, 3.05) is 33.0 Å². The van der Waals surface area contributed by atoms with E-state index in [1.165, 1.54) is 7.11 Å². The molecule has 118 valence electrons. The van der Waals surface area contributed by atoms with Gasteiger partial charge in [0.25, 0.3) is 5.91 Å². The average Bonchev–Trinajstić information content (AvgIpc) is 2.48. The number of hydrogen-bond acceptors (Lipinski definition) is 4. The molecule has 2 N–H and O–H groups in total. The highest BCUT2D eigenvalue weighted by molar-refractivity contribution is 6.33. The first-order chi connectivity index (χ1) is 9.56. The molecule has 5 nitrogen and oxygen atoms in total. The fraction of sp³-hybridized carbons (Fsp3) is 0.500. The monoisotopic (exact) mass is 334 g/mol. The number of nitrogens with zero attached hydrogens (tertiary/aromatic N) is 1. The first kappa shape index (κ1) is 17.9. The van der Waals surface area contributed by atoms with E-state index in [4.69, 9.17) is 26.8 Å². The Labute approximate surface area is 135 Å². The van der Waals surface area contributed by atoms with Gasteiger partial charge < -0.3 is 20.1 Å². The molecule has 2 rings (SSSR count). The summed E-state index contributed by atoms with van der Waals surface area (Å²) in [7, 11) is 3.17. The topological polar surface area (TPSA) is 64.8 Å². The number of amides is 1. The number of ether oxygens (including phenoxy) is 2. The molecule has 0 saturated carbocycles. The maximum atomic E-state index is 12.6. The zero-order valence-electron chi connectivity index (χ0n) is 12.1. The molecular weight excluding hydrogens is 315 g/mol. The Morgan fingerprint density at radius 1 is 1.43 bits per heavy atom. The molecule has 0 aliphatic carbocycles. The number of nitrogen functional groups attached to an aromatic ring is 1. The lowest BCUT2D eigenvalue weighted by atomic mass is 10.1. The summed E-state index contributed by atoms with van der Waals surface area (Å²) in [5, 5.41) is 0.356. The highest BCUT2D eigenvalue weighted by Crippen LogP contribution is 2.30. The van der Waals surface area contributed by atoms with E-state index in [2.05, 4.69) is 0 Å². The third kappa shape index (κ3) is 3.93. The third-order valence-corrected chi connectivity index (χ3v) is 3.88. The van der Waals surface area contributed by atoms with E-state index in [-0.39, 0.29) is 24.4 Å². The number of hydrogen-bond donors (Lipinski definition) is 1. The Balaban J connectivity index is 0.00000220. The molecule has 7 heteroatoms. The number of carbonyl (C=O) groups is 1. The molecule has 1 amide bonds. The third-order valence-electron chi connectivity index (χ3n) is 3.55. The van der Waals surface area contributed by atoms with E-state index in [0.717, 1.165) is 12.8 Å². The van der Waals surface area contributed by atoms with Gasteiger partial charge in [0, 0.05) is 26.3 Å². The predicted molar refractivity (Wildman–Crippen MR) is 85.6 cm³/mol. The summed E-state index contributed by atoms with van der Waals surface area (Å²) in [5.74, 6) is 0.335. The van der Waals surface area contributed by atoms with Crippen molar-refractivity contribution in [2.24, 2.45) is 0 Å². The van der Waals surface area contributed by atoms with E-state index in [1.54, 1.807) is 24.1 Å². The second-order valence-electron chi connectivity index (χ2n) is 4.83. The molecule has 1 saturated heterocycles. The van der Waals surface area contributed by atoms with Crippen molar-refractivity contribution >= 4 is 35.6 Å². The molecule has 1 unspecified atom stereocenters. The summed E-state index contributed by atoms with van der Waals surface area (Å²) in [5.41, 5.74) is 6.56. The fourth-order valence-corrected chi connectivity index (χ4v) is 2.55. The number of piperidine rings is 1. The van der Waals surface area contributed by atoms with Gasteiger partial charge >= 0.3 is 0 Å². The molecule has 0 bridgehead atoms. The van der Waals surface area contributed by atoms with Crippen LogP contribution in [0.3, 0.4) is 0 Å². The Hall–Kier alpha value is -1.17. The molecule has 21 heavy (non-hydrogen) atoms. The van der Waals surface area contributed by atoms with E-state index >= 15 is 0 Å². The fourth-order valence-electron chi connectivity index (χ4n) is 2.39. The van der Waals surface area contributed by atoms with Crippen molar-refractivity contribution in [2.45, 2.75) is 18.9 Å². The summed E-state index contributed by atoms with van der Waals surface area (Å²) in [6, 6.07) is 3.14. The van der Waals surface area contributed by atoms with Crippen molar-refractivity contribution in [3.05, 3.63) is 22.7 Å². The lowest BCUT2D eigenvalue weighted by Gasteiger charge is -2.32. The van der Waals surface area contributed by atoms with E-state index in [9.17, 15) is 4.79 Å². The second-order valence-corrected chi connectivity index (χ2v) is 5.23. The molecule has 1 aromatic carbocycles. The van der Waals surface area contributed by atoms with Gasteiger partial charge in [0.2, 0.25) is 0 Å². The largest absolute Gasteiger partial charge is 0.496 e. The zero-order chi connectivity index (χ0) is 14.7. The van der Waals surface area contributed by atoms with Gasteiger partial charge in [-0.15, -0.1) is 12.4 Å². The van der Waals surface area contributed by atoms with E-state index in [1.807, 2.05) is 0 Å². The smallest absolute Gasteiger partial charge is 0.257 e. The second kappa shape index (κ2) is 7.73. The molecule has 1 aliphatic heterocycles. The highest BCUT2D eigenvalue weighted by atomic mass is 35.5. The van der Waals surface area contributed by atoms with Gasteiger partial charge in [0.05, 0.1) is 29.5 Å². The van der Waals surface area contributed by atoms with Crippen molar-refractivity contribution < 1.29 is 14.3 Å². The Bertz CT molecular complexity index is 511. The number of nitrogens with two attached hydrogens (primary N) is 1. The minimum Gasteiger partial charge on any atom is -0.496 e. The number of rotatable bonds is 3. The molecule has 1 fully saturated rings. The maximum absolute atomic E-state index is 12.6. The van der Waals surface area contributed by atoms with Crippen molar-refractivity contribution in [1.29, 1.82) is 0 Å². The first-order valence-corrected chi connectivity index (χ1v) is 6.89. The lowest BCUT2D eigenvalue weighted by Crippen LogP contribution is -2.43. The van der Waals surface area contributed by atoms with Crippen LogP contribution in [0.1, 0.15) is 23.2 Å². The van der Waals surface area contributed by atoms with Crippen LogP contribution < -0.4 is 10.5 Å². The van der Waals surface area contributed by atoms with Gasteiger partial charge in [-0.1, -0.05) is 11.6 Å². The zero-order valence-corrected chi connectivity index (χ0v) is 13.7. The molecule has 1 atom stereocenters. The maximum Gasteiger partial charge on any atom is 0.257 e. The molecule has 0 aromatic heterocycles. The first-order valence-electron chi connectivity index (χ1n) is 6.52. The standard InChI is InChI=1S/C14H19ClN2O3.ClH/c1-19-9-4-3-5-17(8-9)14(18)10-6-11(15)12(16)7-13(10)20-2;/h6-7,9H,3-5,8,16H2,1-2H3;1H. The average molecular weight is 335 g/mol. The number of benzene rings is 1. The van der Waals surface area contributed by atoms with Crippen LogP contribution in [0.5, 0.6) is 5.75 Å². The SMILES string of the molecule is COc1cc(N)c(Cl)cc1C(=O)N1CCCC(OC)C1.Cl. The van der Waals surface area contributed by atoms with Gasteiger partial charge in [-0.25, -0.2) is 0 Å². The predicted octanol–water partition coefficient (Wildman–Crippen LogP) is 2.60. The van der Waals surface area contributed by atoms with Crippen LogP contribution in [0.4, 0.5) is 5.69 Å². The number of anilines is 1. The van der Waals surface area contributed by atoms with Gasteiger partial charge in [0.1, 0.15) is 5.75 Å². The molecule has 1 heterocycles. The summed E-state index contributed by atoms with van der Waals surface area (Å²) < 4.78 is 10.6. The number of methoxy groups -OCH3 is 2. The Morgan fingerprint density at radius 2 is 2.14 bits per heavy atom. The van der Waals surface area contributed by atoms with Gasteiger partial charge in [-0.2, -0.15) is 0 Å². The van der Waals surface area contributed by atoms with Crippen LogP contribution in [0, 0.1) is 0 Å². The van der Waals surface area contributed by atoms with Crippen LogP contribution in [-0.2, 0) is 4.74 Å². The normalized spacial score (nSPS) is 18.0.